The molecule has 18 heavy (non-hydrogen) atoms. The average Bonchev–Trinajstić information content (AvgIpc) is 2.18. The number of hydrogen-bond acceptors (Lipinski definition) is 2. The van der Waals surface area contributed by atoms with Crippen molar-refractivity contribution >= 4 is 60.4 Å². The van der Waals surface area contributed by atoms with Gasteiger partial charge in [0.2, 0.25) is 0 Å². The van der Waals surface area contributed by atoms with Gasteiger partial charge in [0.25, 0.3) is 0 Å². The molecule has 0 aliphatic rings. The molecular formula is C12H16LiNaO4. The van der Waals surface area contributed by atoms with Crippen molar-refractivity contribution in [2.24, 2.45) is 5.92 Å². The first-order valence-electron chi connectivity index (χ1n) is 4.96. The van der Waals surface area contributed by atoms with E-state index in [1.165, 1.54) is 12.1 Å². The Morgan fingerprint density at radius 2 is 1.44 bits per heavy atom. The second kappa shape index (κ2) is 8.03. The summed E-state index contributed by atoms with van der Waals surface area (Å²) in [6.45, 7) is 3.18. The molecule has 0 saturated carbocycles. The Bertz CT molecular complexity index is 392. The summed E-state index contributed by atoms with van der Waals surface area (Å²) in [6, 6.07) is 8.06. The van der Waals surface area contributed by atoms with Crippen molar-refractivity contribution in [1.82, 2.24) is 0 Å². The van der Waals surface area contributed by atoms with Crippen LogP contribution < -0.4 is 0 Å². The molecule has 1 aromatic rings. The first kappa shape index (κ1) is 20.1. The van der Waals surface area contributed by atoms with Crippen LogP contribution in [0, 0.1) is 5.92 Å². The number of carboxylic acid groups (broad SMARTS) is 2. The van der Waals surface area contributed by atoms with Gasteiger partial charge in [0.1, 0.15) is 0 Å². The van der Waals surface area contributed by atoms with Crippen molar-refractivity contribution < 1.29 is 19.8 Å². The van der Waals surface area contributed by atoms with E-state index in [9.17, 15) is 19.8 Å². The number of carboxylic acids is 2. The third-order valence-corrected chi connectivity index (χ3v) is 2.77. The Balaban J connectivity index is 0. The molecule has 1 aromatic carbocycles. The van der Waals surface area contributed by atoms with Crippen LogP contribution in [0.25, 0.3) is 0 Å². The van der Waals surface area contributed by atoms with E-state index >= 15 is 0 Å². The van der Waals surface area contributed by atoms with E-state index < -0.39 is 23.3 Å². The molecule has 0 heterocycles. The molecule has 0 radical (unpaired) electrons. The Morgan fingerprint density at radius 1 is 1.06 bits per heavy atom. The standard InChI is InChI=1S/C12H14O4.Li.Na.2H/c1-8(2)12(10(13)14,11(15)16)9-6-4-3-5-7-9;;;;/h3-8H,1-2H3,(H,13,14)(H,15,16);;;;. The Labute approximate surface area is 140 Å². The SMILES string of the molecule is CC(C)C(C(=O)O)(C(=O)O)c1ccccc1.[LiH].[NaH]. The van der Waals surface area contributed by atoms with Crippen LogP contribution in [0.15, 0.2) is 30.3 Å². The molecule has 90 valence electrons. The summed E-state index contributed by atoms with van der Waals surface area (Å²) in [6.07, 6.45) is 0. The van der Waals surface area contributed by atoms with Gasteiger partial charge in [-0.3, -0.25) is 9.59 Å². The summed E-state index contributed by atoms with van der Waals surface area (Å²) in [5.41, 5.74) is -1.58. The summed E-state index contributed by atoms with van der Waals surface area (Å²) in [5.74, 6) is -3.20. The maximum absolute atomic E-state index is 11.3. The fourth-order valence-corrected chi connectivity index (χ4v) is 1.87. The van der Waals surface area contributed by atoms with Gasteiger partial charge in [0.15, 0.2) is 5.41 Å². The molecule has 0 bridgehead atoms. The molecule has 0 spiro atoms. The van der Waals surface area contributed by atoms with E-state index in [1.807, 2.05) is 0 Å². The van der Waals surface area contributed by atoms with Crippen molar-refractivity contribution in [3.05, 3.63) is 35.9 Å². The van der Waals surface area contributed by atoms with Gasteiger partial charge in [-0.15, -0.1) is 0 Å². The van der Waals surface area contributed by atoms with Gasteiger partial charge in [-0.25, -0.2) is 0 Å². The minimum absolute atomic E-state index is 0. The van der Waals surface area contributed by atoms with Crippen LogP contribution in [0.4, 0.5) is 0 Å². The van der Waals surface area contributed by atoms with E-state index in [1.54, 1.807) is 32.0 Å². The molecule has 1 rings (SSSR count). The van der Waals surface area contributed by atoms with Gasteiger partial charge in [-0.05, 0) is 11.5 Å². The molecule has 0 fully saturated rings. The maximum atomic E-state index is 11.3. The van der Waals surface area contributed by atoms with Crippen LogP contribution in [0.5, 0.6) is 0 Å². The second-order valence-electron chi connectivity index (χ2n) is 3.94. The van der Waals surface area contributed by atoms with Gasteiger partial charge in [-0.1, -0.05) is 44.2 Å². The molecule has 0 saturated heterocycles. The number of benzene rings is 1. The van der Waals surface area contributed by atoms with Gasteiger partial charge < -0.3 is 10.2 Å². The Kier molecular flexibility index (Phi) is 8.96. The fourth-order valence-electron chi connectivity index (χ4n) is 1.87. The number of hydrogen-bond donors (Lipinski definition) is 2. The van der Waals surface area contributed by atoms with Gasteiger partial charge in [0, 0.05) is 0 Å². The van der Waals surface area contributed by atoms with Gasteiger partial charge in [-0.2, -0.15) is 0 Å². The van der Waals surface area contributed by atoms with E-state index in [0.29, 0.717) is 5.56 Å². The summed E-state index contributed by atoms with van der Waals surface area (Å²) in [7, 11) is 0. The third-order valence-electron chi connectivity index (χ3n) is 2.77. The summed E-state index contributed by atoms with van der Waals surface area (Å²) in [5, 5.41) is 18.5. The van der Waals surface area contributed by atoms with Crippen molar-refractivity contribution in [3.63, 3.8) is 0 Å². The quantitative estimate of drug-likeness (QED) is 0.604. The van der Waals surface area contributed by atoms with Crippen LogP contribution >= 0.6 is 0 Å². The number of aliphatic carboxylic acids is 2. The van der Waals surface area contributed by atoms with Gasteiger partial charge in [0.05, 0.1) is 0 Å². The minimum atomic E-state index is -1.87. The molecule has 6 heteroatoms. The average molecular weight is 254 g/mol. The van der Waals surface area contributed by atoms with Crippen LogP contribution in [0.1, 0.15) is 19.4 Å². The molecule has 0 unspecified atom stereocenters. The monoisotopic (exact) mass is 254 g/mol. The third kappa shape index (κ3) is 3.40. The zero-order valence-electron chi connectivity index (χ0n) is 9.18. The van der Waals surface area contributed by atoms with E-state index in [4.69, 9.17) is 0 Å². The first-order valence-corrected chi connectivity index (χ1v) is 4.96. The van der Waals surface area contributed by atoms with E-state index in [-0.39, 0.29) is 48.4 Å². The second-order valence-corrected chi connectivity index (χ2v) is 3.94. The molecule has 0 amide bonds. The van der Waals surface area contributed by atoms with Crippen LogP contribution in [-0.4, -0.2) is 70.6 Å². The molecular weight excluding hydrogens is 238 g/mol. The van der Waals surface area contributed by atoms with Crippen molar-refractivity contribution in [2.75, 3.05) is 0 Å². The first-order chi connectivity index (χ1) is 7.44. The van der Waals surface area contributed by atoms with Crippen molar-refractivity contribution in [2.45, 2.75) is 19.3 Å². The Hall–Kier alpha value is -0.243. The zero-order chi connectivity index (χ0) is 12.3. The van der Waals surface area contributed by atoms with Crippen molar-refractivity contribution in [3.8, 4) is 0 Å². The molecule has 0 aromatic heterocycles. The zero-order valence-corrected chi connectivity index (χ0v) is 9.18. The topological polar surface area (TPSA) is 74.6 Å². The summed E-state index contributed by atoms with van der Waals surface area (Å²) < 4.78 is 0. The fraction of sp³-hybridized carbons (Fsp3) is 0.333. The molecule has 2 N–H and O–H groups in total. The van der Waals surface area contributed by atoms with E-state index in [2.05, 4.69) is 0 Å². The van der Waals surface area contributed by atoms with Crippen molar-refractivity contribution in [1.29, 1.82) is 0 Å². The molecule has 0 atom stereocenters. The van der Waals surface area contributed by atoms with Crippen LogP contribution in [-0.2, 0) is 15.0 Å². The summed E-state index contributed by atoms with van der Waals surface area (Å²) in [4.78, 5) is 22.6. The Morgan fingerprint density at radius 3 is 1.72 bits per heavy atom. The predicted molar refractivity (Wildman–Crippen MR) is 72.5 cm³/mol. The molecule has 0 aliphatic carbocycles. The summed E-state index contributed by atoms with van der Waals surface area (Å²) >= 11 is 0. The van der Waals surface area contributed by atoms with Crippen LogP contribution in [0.2, 0.25) is 0 Å². The predicted octanol–water partition coefficient (Wildman–Crippen LogP) is 0.453. The molecule has 4 nitrogen and oxygen atoms in total. The number of carbonyl (C=O) groups is 2. The van der Waals surface area contributed by atoms with Crippen LogP contribution in [0.3, 0.4) is 0 Å². The number of rotatable bonds is 4. The van der Waals surface area contributed by atoms with E-state index in [0.717, 1.165) is 0 Å². The van der Waals surface area contributed by atoms with Gasteiger partial charge >= 0.3 is 60.4 Å². The normalized spacial score (nSPS) is 10.2. The molecule has 0 aliphatic heterocycles.